The molecule has 5 nitrogen and oxygen atoms in total. The number of hydrogen-bond donors (Lipinski definition) is 2. The molecular formula is C23H31N3O2S. The lowest BCUT2D eigenvalue weighted by atomic mass is 10.1. The molecule has 0 aliphatic rings. The van der Waals surface area contributed by atoms with Crippen LogP contribution in [-0.4, -0.2) is 47.9 Å². The fourth-order valence-electron chi connectivity index (χ4n) is 3.13. The SMILES string of the molecule is CCN(CC)C(CNC(=O)CSCC(=O)Nc1ccc(C)cc1)c1ccccc1. The zero-order chi connectivity index (χ0) is 21.1. The Hall–Kier alpha value is -2.31. The molecular weight excluding hydrogens is 382 g/mol. The molecule has 6 heteroatoms. The Morgan fingerprint density at radius 3 is 2.17 bits per heavy atom. The lowest BCUT2D eigenvalue weighted by Crippen LogP contribution is -2.38. The van der Waals surface area contributed by atoms with E-state index in [1.54, 1.807) is 0 Å². The molecule has 0 saturated carbocycles. The predicted octanol–water partition coefficient (Wildman–Crippen LogP) is 3.87. The maximum Gasteiger partial charge on any atom is 0.234 e. The minimum Gasteiger partial charge on any atom is -0.353 e. The first-order chi connectivity index (χ1) is 14.0. The quantitative estimate of drug-likeness (QED) is 0.587. The molecule has 1 atom stereocenters. The Kier molecular flexibility index (Phi) is 9.74. The highest BCUT2D eigenvalue weighted by molar-refractivity contribution is 8.00. The molecule has 0 aromatic heterocycles. The third-order valence-electron chi connectivity index (χ3n) is 4.73. The molecule has 0 radical (unpaired) electrons. The number of carbonyl (C=O) groups is 2. The summed E-state index contributed by atoms with van der Waals surface area (Å²) in [6.45, 7) is 8.65. The van der Waals surface area contributed by atoms with E-state index in [1.807, 2.05) is 49.4 Å². The first-order valence-electron chi connectivity index (χ1n) is 10.0. The standard InChI is InChI=1S/C23H31N3O2S/c1-4-26(5-2)21(19-9-7-6-8-10-19)15-24-22(27)16-29-17-23(28)25-20-13-11-18(3)12-14-20/h6-14,21H,4-5,15-17H2,1-3H3,(H,24,27)(H,25,28). The number of carbonyl (C=O) groups excluding carboxylic acids is 2. The van der Waals surface area contributed by atoms with Crippen LogP contribution in [0.2, 0.25) is 0 Å². The van der Waals surface area contributed by atoms with Crippen LogP contribution in [-0.2, 0) is 9.59 Å². The van der Waals surface area contributed by atoms with Crippen LogP contribution in [0, 0.1) is 6.92 Å². The molecule has 0 spiro atoms. The fraction of sp³-hybridized carbons (Fsp3) is 0.391. The molecule has 156 valence electrons. The smallest absolute Gasteiger partial charge is 0.234 e. The summed E-state index contributed by atoms with van der Waals surface area (Å²) in [5.74, 6) is 0.365. The normalized spacial score (nSPS) is 11.9. The van der Waals surface area contributed by atoms with Gasteiger partial charge in [0.25, 0.3) is 0 Å². The second-order valence-electron chi connectivity index (χ2n) is 6.86. The van der Waals surface area contributed by atoms with Crippen molar-refractivity contribution in [3.05, 3.63) is 65.7 Å². The number of aryl methyl sites for hydroxylation is 1. The molecule has 2 N–H and O–H groups in total. The maximum atomic E-state index is 12.3. The maximum absolute atomic E-state index is 12.3. The third-order valence-corrected chi connectivity index (χ3v) is 5.66. The van der Waals surface area contributed by atoms with Crippen LogP contribution >= 0.6 is 11.8 Å². The van der Waals surface area contributed by atoms with Crippen molar-refractivity contribution in [1.82, 2.24) is 10.2 Å². The van der Waals surface area contributed by atoms with Crippen molar-refractivity contribution in [3.8, 4) is 0 Å². The summed E-state index contributed by atoms with van der Waals surface area (Å²) < 4.78 is 0. The highest BCUT2D eigenvalue weighted by atomic mass is 32.2. The molecule has 29 heavy (non-hydrogen) atoms. The lowest BCUT2D eigenvalue weighted by molar-refractivity contribution is -0.118. The first-order valence-corrected chi connectivity index (χ1v) is 11.2. The Morgan fingerprint density at radius 1 is 0.931 bits per heavy atom. The van der Waals surface area contributed by atoms with Crippen LogP contribution in [0.3, 0.4) is 0 Å². The fourth-order valence-corrected chi connectivity index (χ4v) is 3.78. The van der Waals surface area contributed by atoms with Gasteiger partial charge >= 0.3 is 0 Å². The van der Waals surface area contributed by atoms with E-state index in [-0.39, 0.29) is 29.4 Å². The average Bonchev–Trinajstić information content (AvgIpc) is 2.73. The highest BCUT2D eigenvalue weighted by Gasteiger charge is 2.18. The predicted molar refractivity (Wildman–Crippen MR) is 122 cm³/mol. The molecule has 0 bridgehead atoms. The van der Waals surface area contributed by atoms with Gasteiger partial charge in [-0.3, -0.25) is 14.5 Å². The van der Waals surface area contributed by atoms with Crippen molar-refractivity contribution in [1.29, 1.82) is 0 Å². The monoisotopic (exact) mass is 413 g/mol. The third kappa shape index (κ3) is 7.91. The van der Waals surface area contributed by atoms with E-state index in [9.17, 15) is 9.59 Å². The van der Waals surface area contributed by atoms with Crippen LogP contribution in [0.25, 0.3) is 0 Å². The van der Waals surface area contributed by atoms with E-state index >= 15 is 0 Å². The average molecular weight is 414 g/mol. The Balaban J connectivity index is 1.77. The molecule has 2 rings (SSSR count). The highest BCUT2D eigenvalue weighted by Crippen LogP contribution is 2.19. The summed E-state index contributed by atoms with van der Waals surface area (Å²) >= 11 is 1.32. The Bertz CT molecular complexity index is 761. The molecule has 0 saturated heterocycles. The van der Waals surface area contributed by atoms with Gasteiger partial charge in [-0.2, -0.15) is 0 Å². The van der Waals surface area contributed by atoms with Gasteiger partial charge in [0.1, 0.15) is 0 Å². The molecule has 2 aromatic rings. The van der Waals surface area contributed by atoms with Gasteiger partial charge in [0.2, 0.25) is 11.8 Å². The molecule has 0 aliphatic heterocycles. The summed E-state index contributed by atoms with van der Waals surface area (Å²) in [6, 6.07) is 18.0. The van der Waals surface area contributed by atoms with E-state index in [0.717, 1.165) is 24.3 Å². The van der Waals surface area contributed by atoms with E-state index in [4.69, 9.17) is 0 Å². The van der Waals surface area contributed by atoms with E-state index < -0.39 is 0 Å². The van der Waals surface area contributed by atoms with Crippen LogP contribution in [0.4, 0.5) is 5.69 Å². The number of rotatable bonds is 11. The minimum atomic E-state index is -0.100. The van der Waals surface area contributed by atoms with Crippen molar-refractivity contribution in [3.63, 3.8) is 0 Å². The number of nitrogens with zero attached hydrogens (tertiary/aromatic N) is 1. The molecule has 0 heterocycles. The second kappa shape index (κ2) is 12.3. The number of thioether (sulfide) groups is 1. The zero-order valence-corrected chi connectivity index (χ0v) is 18.3. The number of hydrogen-bond acceptors (Lipinski definition) is 4. The van der Waals surface area contributed by atoms with Gasteiger partial charge in [0, 0.05) is 12.2 Å². The Morgan fingerprint density at radius 2 is 1.55 bits per heavy atom. The van der Waals surface area contributed by atoms with Crippen molar-refractivity contribution < 1.29 is 9.59 Å². The largest absolute Gasteiger partial charge is 0.353 e. The van der Waals surface area contributed by atoms with Gasteiger partial charge in [-0.25, -0.2) is 0 Å². The zero-order valence-electron chi connectivity index (χ0n) is 17.5. The van der Waals surface area contributed by atoms with Gasteiger partial charge in [-0.05, 0) is 37.7 Å². The van der Waals surface area contributed by atoms with Crippen molar-refractivity contribution in [2.45, 2.75) is 26.8 Å². The summed E-state index contributed by atoms with van der Waals surface area (Å²) in [4.78, 5) is 26.6. The summed E-state index contributed by atoms with van der Waals surface area (Å²) in [5.41, 5.74) is 3.12. The van der Waals surface area contributed by atoms with E-state index in [1.165, 1.54) is 17.3 Å². The van der Waals surface area contributed by atoms with Gasteiger partial charge in [0.05, 0.1) is 17.5 Å². The van der Waals surface area contributed by atoms with E-state index in [2.05, 4.69) is 41.5 Å². The van der Waals surface area contributed by atoms with Crippen LogP contribution in [0.1, 0.15) is 31.0 Å². The van der Waals surface area contributed by atoms with Gasteiger partial charge in [-0.1, -0.05) is 61.9 Å². The minimum absolute atomic E-state index is 0.0498. The number of likely N-dealkylation sites (N-methyl/N-ethyl adjacent to an activating group) is 1. The number of anilines is 1. The van der Waals surface area contributed by atoms with Gasteiger partial charge in [-0.15, -0.1) is 11.8 Å². The summed E-state index contributed by atoms with van der Waals surface area (Å²) in [5, 5.41) is 5.87. The molecule has 2 aromatic carbocycles. The van der Waals surface area contributed by atoms with Crippen LogP contribution < -0.4 is 10.6 Å². The Labute approximate surface area is 178 Å². The molecule has 0 aliphatic carbocycles. The lowest BCUT2D eigenvalue weighted by Gasteiger charge is -2.30. The van der Waals surface area contributed by atoms with Gasteiger partial charge in [0.15, 0.2) is 0 Å². The van der Waals surface area contributed by atoms with Gasteiger partial charge < -0.3 is 10.6 Å². The first kappa shape index (κ1) is 23.0. The second-order valence-corrected chi connectivity index (χ2v) is 7.84. The number of amides is 2. The summed E-state index contributed by atoms with van der Waals surface area (Å²) in [7, 11) is 0. The molecule has 0 fully saturated rings. The van der Waals surface area contributed by atoms with Crippen LogP contribution in [0.5, 0.6) is 0 Å². The van der Waals surface area contributed by atoms with Crippen molar-refractivity contribution in [2.75, 3.05) is 36.5 Å². The number of nitrogens with one attached hydrogen (secondary N) is 2. The summed E-state index contributed by atoms with van der Waals surface area (Å²) in [6.07, 6.45) is 0. The van der Waals surface area contributed by atoms with Crippen molar-refractivity contribution in [2.24, 2.45) is 0 Å². The topological polar surface area (TPSA) is 61.4 Å². The molecule has 2 amide bonds. The van der Waals surface area contributed by atoms with Crippen LogP contribution in [0.15, 0.2) is 54.6 Å². The number of benzene rings is 2. The molecule has 1 unspecified atom stereocenters. The van der Waals surface area contributed by atoms with E-state index in [0.29, 0.717) is 6.54 Å². The van der Waals surface area contributed by atoms with Crippen molar-refractivity contribution >= 4 is 29.3 Å².